The van der Waals surface area contributed by atoms with Gasteiger partial charge in [-0.05, 0) is 57.8 Å². The average Bonchev–Trinajstić information content (AvgIpc) is 3.43. The molecular formula is C66H123NO10. The number of ether oxygens (including phenoxy) is 3. The van der Waals surface area contributed by atoms with Crippen molar-refractivity contribution in [1.82, 2.24) is 5.32 Å². The van der Waals surface area contributed by atoms with E-state index in [0.717, 1.165) is 70.6 Å². The van der Waals surface area contributed by atoms with E-state index in [1.807, 2.05) is 6.08 Å². The average molecular weight is 1090 g/mol. The van der Waals surface area contributed by atoms with Gasteiger partial charge >= 0.3 is 5.97 Å². The third-order valence-corrected chi connectivity index (χ3v) is 15.5. The molecule has 452 valence electrons. The number of hydrogen-bond acceptors (Lipinski definition) is 10. The van der Waals surface area contributed by atoms with Crippen molar-refractivity contribution in [2.24, 2.45) is 0 Å². The number of allylic oxidation sites excluding steroid dienone is 5. The summed E-state index contributed by atoms with van der Waals surface area (Å²) in [5.41, 5.74) is 0. The molecule has 0 aromatic carbocycles. The van der Waals surface area contributed by atoms with Gasteiger partial charge in [-0.15, -0.1) is 0 Å². The van der Waals surface area contributed by atoms with Gasteiger partial charge in [0.1, 0.15) is 24.4 Å². The van der Waals surface area contributed by atoms with Crippen LogP contribution in [-0.2, 0) is 23.8 Å². The van der Waals surface area contributed by atoms with Crippen molar-refractivity contribution in [3.8, 4) is 0 Å². The van der Waals surface area contributed by atoms with Gasteiger partial charge in [0, 0.05) is 6.42 Å². The number of aliphatic hydroxyl groups excluding tert-OH is 5. The van der Waals surface area contributed by atoms with Crippen LogP contribution in [0, 0.1) is 0 Å². The molecule has 0 saturated carbocycles. The lowest BCUT2D eigenvalue weighted by Gasteiger charge is -2.41. The molecule has 77 heavy (non-hydrogen) atoms. The van der Waals surface area contributed by atoms with Gasteiger partial charge in [-0.3, -0.25) is 9.59 Å². The predicted molar refractivity (Wildman–Crippen MR) is 320 cm³/mol. The molecular weight excluding hydrogens is 967 g/mol. The summed E-state index contributed by atoms with van der Waals surface area (Å²) in [4.78, 5) is 26.6. The first-order chi connectivity index (χ1) is 37.7. The van der Waals surface area contributed by atoms with E-state index in [2.05, 4.69) is 50.4 Å². The maximum Gasteiger partial charge on any atom is 0.306 e. The van der Waals surface area contributed by atoms with Crippen LogP contribution in [-0.4, -0.2) is 99.6 Å². The number of rotatable bonds is 56. The number of aliphatic hydroxyl groups is 5. The van der Waals surface area contributed by atoms with E-state index >= 15 is 0 Å². The number of unbranched alkanes of at least 4 members (excludes halogenated alkanes) is 38. The quantitative estimate of drug-likeness (QED) is 0.0195. The van der Waals surface area contributed by atoms with E-state index in [1.165, 1.54) is 193 Å². The standard InChI is InChI=1S/C66H123NO10/c1-4-7-10-13-16-19-22-24-26-28-30-32-34-36-39-42-45-48-51-54-61(71)77-64-63(73)62(72)60(55-68)76-66(64)75-56-57(58(69)52-49-46-43-40-37-21-18-15-12-9-6-3)67-65(74)59(70)53-50-47-44-41-38-35-33-31-29-27-25-23-20-17-14-11-8-5-2/h16,19,24,26,49,52,57-60,62-64,66,68-70,72-73H,4-15,17-18,20-23,25,27-48,50-51,53-56H2,1-3H3,(H,67,74)/b19-16-,26-24-,52-49+. The highest BCUT2D eigenvalue weighted by Gasteiger charge is 2.47. The summed E-state index contributed by atoms with van der Waals surface area (Å²) in [7, 11) is 0. The van der Waals surface area contributed by atoms with E-state index < -0.39 is 67.4 Å². The molecule has 1 aliphatic rings. The topological polar surface area (TPSA) is 175 Å². The molecule has 0 aromatic heterocycles. The van der Waals surface area contributed by atoms with E-state index in [1.54, 1.807) is 6.08 Å². The smallest absolute Gasteiger partial charge is 0.306 e. The minimum Gasteiger partial charge on any atom is -0.454 e. The zero-order chi connectivity index (χ0) is 56.1. The first-order valence-electron chi connectivity index (χ1n) is 32.8. The van der Waals surface area contributed by atoms with Crippen molar-refractivity contribution in [3.05, 3.63) is 36.5 Å². The second kappa shape index (κ2) is 54.5. The SMILES string of the molecule is CCCCC/C=C\C/C=C\CCCCCCCCCCCC(=O)OC1C(OCC(NC(=O)C(O)CCCCCCCCCCCCCCCCCCCC)C(O)/C=C/CCCCCCCCCCC)OC(CO)C(O)C1O. The summed E-state index contributed by atoms with van der Waals surface area (Å²) >= 11 is 0. The molecule has 1 saturated heterocycles. The number of esters is 1. The zero-order valence-corrected chi connectivity index (χ0v) is 50.1. The second-order valence-electron chi connectivity index (χ2n) is 22.9. The molecule has 0 aromatic rings. The Morgan fingerprint density at radius 1 is 0.506 bits per heavy atom. The van der Waals surface area contributed by atoms with Crippen LogP contribution in [0.4, 0.5) is 0 Å². The Hall–Kier alpha value is -2.12. The van der Waals surface area contributed by atoms with Crippen molar-refractivity contribution >= 4 is 11.9 Å². The van der Waals surface area contributed by atoms with Crippen LogP contribution in [0.25, 0.3) is 0 Å². The van der Waals surface area contributed by atoms with Gasteiger partial charge in [-0.25, -0.2) is 0 Å². The van der Waals surface area contributed by atoms with E-state index in [-0.39, 0.29) is 13.0 Å². The summed E-state index contributed by atoms with van der Waals surface area (Å²) < 4.78 is 17.6. The Morgan fingerprint density at radius 3 is 1.35 bits per heavy atom. The first kappa shape index (κ1) is 72.9. The summed E-state index contributed by atoms with van der Waals surface area (Å²) in [5.74, 6) is -1.19. The van der Waals surface area contributed by atoms with Crippen molar-refractivity contribution in [3.63, 3.8) is 0 Å². The molecule has 0 radical (unpaired) electrons. The monoisotopic (exact) mass is 1090 g/mol. The Balaban J connectivity index is 2.62. The molecule has 6 N–H and O–H groups in total. The van der Waals surface area contributed by atoms with Crippen LogP contribution in [0.15, 0.2) is 36.5 Å². The van der Waals surface area contributed by atoms with Crippen molar-refractivity contribution < 1.29 is 49.3 Å². The van der Waals surface area contributed by atoms with Gasteiger partial charge in [0.25, 0.3) is 0 Å². The normalized spacial score (nSPS) is 19.2. The van der Waals surface area contributed by atoms with E-state index in [4.69, 9.17) is 14.2 Å². The summed E-state index contributed by atoms with van der Waals surface area (Å²) in [5, 5.41) is 57.0. The number of hydrogen-bond donors (Lipinski definition) is 6. The molecule has 0 spiro atoms. The minimum absolute atomic E-state index is 0.121. The highest BCUT2D eigenvalue weighted by atomic mass is 16.7. The largest absolute Gasteiger partial charge is 0.454 e. The Morgan fingerprint density at radius 2 is 0.896 bits per heavy atom. The summed E-state index contributed by atoms with van der Waals surface area (Å²) in [6.07, 6.45) is 54.7. The highest BCUT2D eigenvalue weighted by Crippen LogP contribution is 2.26. The number of carbonyl (C=O) groups is 2. The lowest BCUT2D eigenvalue weighted by molar-refractivity contribution is -0.305. The molecule has 0 bridgehead atoms. The van der Waals surface area contributed by atoms with Crippen LogP contribution in [0.2, 0.25) is 0 Å². The van der Waals surface area contributed by atoms with Crippen molar-refractivity contribution in [2.75, 3.05) is 13.2 Å². The lowest BCUT2D eigenvalue weighted by Crippen LogP contribution is -2.61. The minimum atomic E-state index is -1.61. The van der Waals surface area contributed by atoms with Crippen molar-refractivity contribution in [1.29, 1.82) is 0 Å². The van der Waals surface area contributed by atoms with Gasteiger partial charge in [0.15, 0.2) is 12.4 Å². The zero-order valence-electron chi connectivity index (χ0n) is 50.1. The Bertz CT molecular complexity index is 1390. The maximum absolute atomic E-state index is 13.4. The molecule has 1 heterocycles. The maximum atomic E-state index is 13.4. The van der Waals surface area contributed by atoms with Gasteiger partial charge in [0.2, 0.25) is 5.91 Å². The third-order valence-electron chi connectivity index (χ3n) is 15.5. The van der Waals surface area contributed by atoms with Gasteiger partial charge in [-0.2, -0.15) is 0 Å². The molecule has 8 atom stereocenters. The molecule has 1 fully saturated rings. The van der Waals surface area contributed by atoms with Gasteiger partial charge in [-0.1, -0.05) is 282 Å². The molecule has 1 aliphatic heterocycles. The lowest BCUT2D eigenvalue weighted by atomic mass is 9.99. The number of amides is 1. The number of nitrogens with one attached hydrogen (secondary N) is 1. The molecule has 1 amide bonds. The Kier molecular flexibility index (Phi) is 51.6. The first-order valence-corrected chi connectivity index (χ1v) is 32.8. The van der Waals surface area contributed by atoms with Gasteiger partial charge < -0.3 is 45.1 Å². The second-order valence-corrected chi connectivity index (χ2v) is 22.9. The highest BCUT2D eigenvalue weighted by molar-refractivity contribution is 5.80. The van der Waals surface area contributed by atoms with Crippen molar-refractivity contribution in [2.45, 2.75) is 359 Å². The molecule has 0 aliphatic carbocycles. The fourth-order valence-corrected chi connectivity index (χ4v) is 10.3. The molecule has 11 nitrogen and oxygen atoms in total. The van der Waals surface area contributed by atoms with E-state index in [9.17, 15) is 35.1 Å². The van der Waals surface area contributed by atoms with Crippen LogP contribution < -0.4 is 5.32 Å². The molecule has 1 rings (SSSR count). The summed E-state index contributed by atoms with van der Waals surface area (Å²) in [6, 6.07) is -1.02. The summed E-state index contributed by atoms with van der Waals surface area (Å²) in [6.45, 7) is 5.79. The van der Waals surface area contributed by atoms with Crippen LogP contribution in [0.1, 0.15) is 310 Å². The van der Waals surface area contributed by atoms with Crippen LogP contribution in [0.3, 0.4) is 0 Å². The Labute approximate surface area is 473 Å². The van der Waals surface area contributed by atoms with Crippen LogP contribution >= 0.6 is 0 Å². The number of carbonyl (C=O) groups excluding carboxylic acids is 2. The molecule has 8 unspecified atom stereocenters. The van der Waals surface area contributed by atoms with Gasteiger partial charge in [0.05, 0.1) is 25.4 Å². The molecule has 11 heteroatoms. The fourth-order valence-electron chi connectivity index (χ4n) is 10.3. The predicted octanol–water partition coefficient (Wildman–Crippen LogP) is 15.8. The fraction of sp³-hybridized carbons (Fsp3) is 0.879. The third kappa shape index (κ3) is 42.4. The van der Waals surface area contributed by atoms with Crippen LogP contribution in [0.5, 0.6) is 0 Å². The van der Waals surface area contributed by atoms with E-state index in [0.29, 0.717) is 19.3 Å².